The number of fused-ring (bicyclic) bond motifs is 1. The number of rotatable bonds is 4. The zero-order valence-electron chi connectivity index (χ0n) is 13.4. The fourth-order valence-corrected chi connectivity index (χ4v) is 2.72. The van der Waals surface area contributed by atoms with Gasteiger partial charge < -0.3 is 14.8 Å². The number of ether oxygens (including phenoxy) is 2. The number of nitriles is 1. The van der Waals surface area contributed by atoms with E-state index < -0.39 is 0 Å². The van der Waals surface area contributed by atoms with Gasteiger partial charge in [-0.25, -0.2) is 4.98 Å². The van der Waals surface area contributed by atoms with Crippen molar-refractivity contribution in [2.24, 2.45) is 0 Å². The smallest absolute Gasteiger partial charge is 0.231 e. The number of nitrogens with zero attached hydrogens (tertiary/aromatic N) is 2. The van der Waals surface area contributed by atoms with Crippen LogP contribution in [0.25, 0.3) is 11.1 Å². The van der Waals surface area contributed by atoms with Crippen molar-refractivity contribution in [2.45, 2.75) is 6.54 Å². The summed E-state index contributed by atoms with van der Waals surface area (Å²) in [5.41, 5.74) is 3.50. The van der Waals surface area contributed by atoms with E-state index in [0.717, 1.165) is 28.2 Å². The highest BCUT2D eigenvalue weighted by Crippen LogP contribution is 2.32. The molecule has 1 aromatic heterocycles. The molecule has 1 aliphatic rings. The van der Waals surface area contributed by atoms with Crippen molar-refractivity contribution in [1.82, 2.24) is 4.98 Å². The molecule has 0 radical (unpaired) electrons. The van der Waals surface area contributed by atoms with Crippen LogP contribution in [0.15, 0.2) is 60.8 Å². The van der Waals surface area contributed by atoms with E-state index in [1.807, 2.05) is 54.6 Å². The van der Waals surface area contributed by atoms with Crippen LogP contribution in [0.2, 0.25) is 0 Å². The molecule has 25 heavy (non-hydrogen) atoms. The summed E-state index contributed by atoms with van der Waals surface area (Å²) in [4.78, 5) is 4.42. The van der Waals surface area contributed by atoms with Crippen molar-refractivity contribution in [1.29, 1.82) is 5.26 Å². The summed E-state index contributed by atoms with van der Waals surface area (Å²) in [7, 11) is 0. The molecule has 0 saturated carbocycles. The number of pyridine rings is 1. The molecule has 2 aromatic carbocycles. The molecule has 0 amide bonds. The highest BCUT2D eigenvalue weighted by atomic mass is 16.7. The standard InChI is InChI=1S/C20H15N3O2/c21-10-16-9-17(15-4-2-1-3-5-15)12-23-20(16)22-11-14-6-7-18-19(8-14)25-13-24-18/h1-9,12H,11,13H2,(H,22,23). The molecule has 0 atom stereocenters. The van der Waals surface area contributed by atoms with Crippen LogP contribution >= 0.6 is 0 Å². The average molecular weight is 329 g/mol. The summed E-state index contributed by atoms with van der Waals surface area (Å²) >= 11 is 0. The van der Waals surface area contributed by atoms with Gasteiger partial charge in [-0.15, -0.1) is 0 Å². The second kappa shape index (κ2) is 6.54. The van der Waals surface area contributed by atoms with Crippen LogP contribution in [0, 0.1) is 11.3 Å². The molecule has 5 nitrogen and oxygen atoms in total. The molecule has 0 bridgehead atoms. The molecular formula is C20H15N3O2. The van der Waals surface area contributed by atoms with Gasteiger partial charge in [0.15, 0.2) is 11.5 Å². The highest BCUT2D eigenvalue weighted by molar-refractivity contribution is 5.67. The second-order valence-corrected chi connectivity index (χ2v) is 5.64. The first-order chi connectivity index (χ1) is 12.3. The van der Waals surface area contributed by atoms with Crippen molar-refractivity contribution in [2.75, 3.05) is 12.1 Å². The number of nitrogens with one attached hydrogen (secondary N) is 1. The molecular weight excluding hydrogens is 314 g/mol. The van der Waals surface area contributed by atoms with E-state index in [4.69, 9.17) is 9.47 Å². The van der Waals surface area contributed by atoms with Gasteiger partial charge in [0.2, 0.25) is 6.79 Å². The Morgan fingerprint density at radius 2 is 1.84 bits per heavy atom. The zero-order valence-corrected chi connectivity index (χ0v) is 13.4. The van der Waals surface area contributed by atoms with Crippen LogP contribution in [-0.4, -0.2) is 11.8 Å². The minimum atomic E-state index is 0.257. The van der Waals surface area contributed by atoms with Gasteiger partial charge in [-0.1, -0.05) is 36.4 Å². The molecule has 0 unspecified atom stereocenters. The zero-order chi connectivity index (χ0) is 17.1. The Morgan fingerprint density at radius 3 is 2.68 bits per heavy atom. The summed E-state index contributed by atoms with van der Waals surface area (Å²) in [6.07, 6.45) is 1.78. The van der Waals surface area contributed by atoms with Gasteiger partial charge >= 0.3 is 0 Å². The average Bonchev–Trinajstić information content (AvgIpc) is 3.14. The molecule has 3 aromatic rings. The summed E-state index contributed by atoms with van der Waals surface area (Å²) in [5, 5.41) is 12.7. The third kappa shape index (κ3) is 3.10. The van der Waals surface area contributed by atoms with Crippen molar-refractivity contribution in [3.63, 3.8) is 0 Å². The predicted molar refractivity (Wildman–Crippen MR) is 94.3 cm³/mol. The number of hydrogen-bond acceptors (Lipinski definition) is 5. The van der Waals surface area contributed by atoms with Gasteiger partial charge in [0, 0.05) is 18.3 Å². The Bertz CT molecular complexity index is 949. The molecule has 0 saturated heterocycles. The fraction of sp³-hybridized carbons (Fsp3) is 0.100. The Morgan fingerprint density at radius 1 is 1.00 bits per heavy atom. The van der Waals surface area contributed by atoms with E-state index in [0.29, 0.717) is 17.9 Å². The Labute approximate surface area is 145 Å². The van der Waals surface area contributed by atoms with Gasteiger partial charge in [0.05, 0.1) is 5.56 Å². The molecule has 1 aliphatic heterocycles. The maximum absolute atomic E-state index is 9.45. The lowest BCUT2D eigenvalue weighted by atomic mass is 10.1. The molecule has 5 heteroatoms. The largest absolute Gasteiger partial charge is 0.454 e. The van der Waals surface area contributed by atoms with E-state index in [2.05, 4.69) is 16.4 Å². The normalized spacial score (nSPS) is 11.8. The van der Waals surface area contributed by atoms with Gasteiger partial charge in [0.1, 0.15) is 11.9 Å². The van der Waals surface area contributed by atoms with Crippen LogP contribution in [0.1, 0.15) is 11.1 Å². The third-order valence-corrected chi connectivity index (χ3v) is 4.01. The molecule has 122 valence electrons. The number of aromatic nitrogens is 1. The van der Waals surface area contributed by atoms with Crippen molar-refractivity contribution < 1.29 is 9.47 Å². The quantitative estimate of drug-likeness (QED) is 0.785. The number of hydrogen-bond donors (Lipinski definition) is 1. The monoisotopic (exact) mass is 329 g/mol. The summed E-state index contributed by atoms with van der Waals surface area (Å²) in [6, 6.07) is 19.7. The summed E-state index contributed by atoms with van der Waals surface area (Å²) in [6.45, 7) is 0.802. The lowest BCUT2D eigenvalue weighted by molar-refractivity contribution is 0.174. The van der Waals surface area contributed by atoms with E-state index in [-0.39, 0.29) is 6.79 Å². The van der Waals surface area contributed by atoms with Crippen LogP contribution in [-0.2, 0) is 6.54 Å². The van der Waals surface area contributed by atoms with Crippen molar-refractivity contribution in [3.8, 4) is 28.7 Å². The van der Waals surface area contributed by atoms with Crippen molar-refractivity contribution >= 4 is 5.82 Å². The Kier molecular flexibility index (Phi) is 3.93. The van der Waals surface area contributed by atoms with Crippen LogP contribution in [0.3, 0.4) is 0 Å². The van der Waals surface area contributed by atoms with E-state index in [1.54, 1.807) is 6.20 Å². The van der Waals surface area contributed by atoms with Gasteiger partial charge in [0.25, 0.3) is 0 Å². The van der Waals surface area contributed by atoms with Gasteiger partial charge in [-0.3, -0.25) is 0 Å². The van der Waals surface area contributed by atoms with E-state index in [9.17, 15) is 5.26 Å². The lowest BCUT2D eigenvalue weighted by Gasteiger charge is -2.09. The topological polar surface area (TPSA) is 67.2 Å². The third-order valence-electron chi connectivity index (χ3n) is 4.01. The Balaban J connectivity index is 1.53. The molecule has 0 spiro atoms. The number of anilines is 1. The van der Waals surface area contributed by atoms with Crippen LogP contribution in [0.5, 0.6) is 11.5 Å². The predicted octanol–water partition coefficient (Wildman–Crippen LogP) is 3.96. The van der Waals surface area contributed by atoms with Crippen LogP contribution < -0.4 is 14.8 Å². The van der Waals surface area contributed by atoms with Gasteiger partial charge in [-0.05, 0) is 29.3 Å². The van der Waals surface area contributed by atoms with E-state index >= 15 is 0 Å². The molecule has 1 N–H and O–H groups in total. The maximum atomic E-state index is 9.45. The van der Waals surface area contributed by atoms with Crippen LogP contribution in [0.4, 0.5) is 5.82 Å². The van der Waals surface area contributed by atoms with Crippen molar-refractivity contribution in [3.05, 3.63) is 71.9 Å². The summed E-state index contributed by atoms with van der Waals surface area (Å²) < 4.78 is 10.7. The SMILES string of the molecule is N#Cc1cc(-c2ccccc2)cnc1NCc1ccc2c(c1)OCO2. The fourth-order valence-electron chi connectivity index (χ4n) is 2.72. The maximum Gasteiger partial charge on any atom is 0.231 e. The molecule has 0 aliphatic carbocycles. The molecule has 4 rings (SSSR count). The first kappa shape index (κ1) is 15.0. The minimum Gasteiger partial charge on any atom is -0.454 e. The molecule has 0 fully saturated rings. The lowest BCUT2D eigenvalue weighted by Crippen LogP contribution is -2.03. The summed E-state index contributed by atoms with van der Waals surface area (Å²) in [5.74, 6) is 2.07. The van der Waals surface area contributed by atoms with Gasteiger partial charge in [-0.2, -0.15) is 5.26 Å². The number of benzene rings is 2. The Hall–Kier alpha value is -3.52. The highest BCUT2D eigenvalue weighted by Gasteiger charge is 2.13. The first-order valence-electron chi connectivity index (χ1n) is 7.91. The van der Waals surface area contributed by atoms with E-state index in [1.165, 1.54) is 0 Å². The molecule has 2 heterocycles. The minimum absolute atomic E-state index is 0.257. The first-order valence-corrected chi connectivity index (χ1v) is 7.91. The second-order valence-electron chi connectivity index (χ2n) is 5.64.